The Morgan fingerprint density at radius 1 is 1.06 bits per heavy atom. The van der Waals surface area contributed by atoms with Crippen molar-refractivity contribution in [3.05, 3.63) is 71.5 Å². The Bertz CT molecular complexity index is 1010. The third-order valence-electron chi connectivity index (χ3n) is 4.13. The molecule has 0 unspecified atom stereocenters. The smallest absolute Gasteiger partial charge is 0.262 e. The number of anilines is 1. The summed E-state index contributed by atoms with van der Waals surface area (Å²) in [4.78, 5) is 17.9. The Kier molecular flexibility index (Phi) is 8.44. The second-order valence-electron chi connectivity index (χ2n) is 6.34. The molecule has 3 aromatic rings. The summed E-state index contributed by atoms with van der Waals surface area (Å²) in [5.74, 6) is 1.86. The van der Waals surface area contributed by atoms with Gasteiger partial charge in [-0.1, -0.05) is 23.7 Å². The normalized spacial score (nSPS) is 10.4. The summed E-state index contributed by atoms with van der Waals surface area (Å²) in [6, 6.07) is 16.7. The Balaban J connectivity index is 1.61. The topological polar surface area (TPSA) is 69.7 Å². The van der Waals surface area contributed by atoms with E-state index >= 15 is 0 Å². The molecule has 0 atom stereocenters. The van der Waals surface area contributed by atoms with Crippen molar-refractivity contribution in [3.8, 4) is 17.2 Å². The van der Waals surface area contributed by atoms with Gasteiger partial charge in [0.2, 0.25) is 0 Å². The van der Waals surface area contributed by atoms with Crippen LogP contribution in [-0.4, -0.2) is 31.2 Å². The fourth-order valence-corrected chi connectivity index (χ4v) is 3.61. The number of carbonyl (C=O) groups excluding carboxylic acids is 1. The van der Waals surface area contributed by atoms with Crippen LogP contribution in [0.15, 0.2) is 65.7 Å². The minimum atomic E-state index is -0.303. The van der Waals surface area contributed by atoms with Crippen molar-refractivity contribution >= 4 is 35.0 Å². The average Bonchev–Trinajstić information content (AvgIpc) is 2.79. The molecule has 0 saturated heterocycles. The van der Waals surface area contributed by atoms with E-state index in [0.717, 1.165) is 10.6 Å². The molecule has 0 aliphatic heterocycles. The van der Waals surface area contributed by atoms with Crippen molar-refractivity contribution < 1.29 is 19.0 Å². The number of benzene rings is 2. The lowest BCUT2D eigenvalue weighted by Gasteiger charge is -2.13. The summed E-state index contributed by atoms with van der Waals surface area (Å²) in [6.07, 6.45) is 1.59. The van der Waals surface area contributed by atoms with Crippen LogP contribution in [0.4, 0.5) is 5.69 Å². The number of para-hydroxylation sites is 2. The predicted molar refractivity (Wildman–Crippen MR) is 124 cm³/mol. The first-order valence-electron chi connectivity index (χ1n) is 9.64. The second-order valence-corrected chi connectivity index (χ2v) is 7.82. The molecule has 6 nitrogen and oxygen atoms in total. The van der Waals surface area contributed by atoms with Crippen LogP contribution in [0.3, 0.4) is 0 Å². The first-order chi connectivity index (χ1) is 15.1. The number of methoxy groups -OCH3 is 1. The van der Waals surface area contributed by atoms with Gasteiger partial charge in [0.15, 0.2) is 18.1 Å². The zero-order valence-electron chi connectivity index (χ0n) is 17.3. The number of nitrogens with zero attached hydrogens (tertiary/aromatic N) is 1. The predicted octanol–water partition coefficient (Wildman–Crippen LogP) is 5.45. The highest BCUT2D eigenvalue weighted by Crippen LogP contribution is 2.30. The van der Waals surface area contributed by atoms with Gasteiger partial charge in [0, 0.05) is 21.7 Å². The monoisotopic (exact) mass is 458 g/mol. The van der Waals surface area contributed by atoms with Crippen LogP contribution in [-0.2, 0) is 10.5 Å². The quantitative estimate of drug-likeness (QED) is 0.407. The van der Waals surface area contributed by atoms with Crippen LogP contribution in [0.2, 0.25) is 5.02 Å². The molecular weight excluding hydrogens is 436 g/mol. The van der Waals surface area contributed by atoms with Gasteiger partial charge in [-0.3, -0.25) is 9.78 Å². The maximum absolute atomic E-state index is 12.4. The molecule has 1 heterocycles. The zero-order valence-corrected chi connectivity index (χ0v) is 18.8. The summed E-state index contributed by atoms with van der Waals surface area (Å²) in [6.45, 7) is 2.22. The molecule has 1 aromatic heterocycles. The van der Waals surface area contributed by atoms with Crippen LogP contribution in [0.5, 0.6) is 17.2 Å². The van der Waals surface area contributed by atoms with E-state index in [0.29, 0.717) is 40.3 Å². The number of thioether (sulfide) groups is 1. The van der Waals surface area contributed by atoms with Gasteiger partial charge in [-0.2, -0.15) is 0 Å². The van der Waals surface area contributed by atoms with E-state index < -0.39 is 0 Å². The van der Waals surface area contributed by atoms with Gasteiger partial charge in [0.05, 0.1) is 31.3 Å². The van der Waals surface area contributed by atoms with Gasteiger partial charge in [-0.25, -0.2) is 0 Å². The molecule has 1 amide bonds. The Morgan fingerprint density at radius 2 is 1.84 bits per heavy atom. The van der Waals surface area contributed by atoms with Gasteiger partial charge in [0.25, 0.3) is 5.91 Å². The number of ether oxygens (including phenoxy) is 3. The summed E-state index contributed by atoms with van der Waals surface area (Å²) in [7, 11) is 1.53. The van der Waals surface area contributed by atoms with Crippen molar-refractivity contribution in [3.63, 3.8) is 0 Å². The Labute approximate surface area is 190 Å². The van der Waals surface area contributed by atoms with E-state index in [1.165, 1.54) is 7.11 Å². The van der Waals surface area contributed by atoms with E-state index in [-0.39, 0.29) is 12.5 Å². The summed E-state index contributed by atoms with van der Waals surface area (Å²) in [5.41, 5.74) is 1.40. The second kappa shape index (κ2) is 11.5. The fraction of sp³-hybridized carbons (Fsp3) is 0.217. The van der Waals surface area contributed by atoms with E-state index in [9.17, 15) is 4.79 Å². The third-order valence-corrected chi connectivity index (χ3v) is 5.43. The third kappa shape index (κ3) is 6.80. The molecule has 0 bridgehead atoms. The number of rotatable bonds is 10. The van der Waals surface area contributed by atoms with E-state index in [2.05, 4.69) is 10.3 Å². The molecule has 1 N–H and O–H groups in total. The number of hydrogen-bond acceptors (Lipinski definition) is 6. The molecule has 0 aliphatic carbocycles. The largest absolute Gasteiger partial charge is 0.492 e. The molecule has 0 spiro atoms. The molecule has 8 heteroatoms. The molecule has 0 saturated carbocycles. The Hall–Kier alpha value is -2.90. The van der Waals surface area contributed by atoms with Gasteiger partial charge >= 0.3 is 0 Å². The number of nitrogens with one attached hydrogen (secondary N) is 1. The SMILES string of the molecule is CCOc1ccccc1NC(=O)COc1cc(CSc2ccc(Cl)cc2)ncc1OC. The molecule has 0 fully saturated rings. The summed E-state index contributed by atoms with van der Waals surface area (Å²) < 4.78 is 16.6. The van der Waals surface area contributed by atoms with Crippen molar-refractivity contribution in [2.24, 2.45) is 0 Å². The summed E-state index contributed by atoms with van der Waals surface area (Å²) in [5, 5.41) is 3.51. The molecule has 31 heavy (non-hydrogen) atoms. The van der Waals surface area contributed by atoms with Crippen molar-refractivity contribution in [1.82, 2.24) is 4.98 Å². The van der Waals surface area contributed by atoms with E-state index in [1.807, 2.05) is 43.3 Å². The van der Waals surface area contributed by atoms with Gasteiger partial charge in [0.1, 0.15) is 5.75 Å². The lowest BCUT2D eigenvalue weighted by atomic mass is 10.3. The lowest BCUT2D eigenvalue weighted by molar-refractivity contribution is -0.118. The lowest BCUT2D eigenvalue weighted by Crippen LogP contribution is -2.21. The van der Waals surface area contributed by atoms with E-state index in [1.54, 1.807) is 36.2 Å². The highest BCUT2D eigenvalue weighted by Gasteiger charge is 2.12. The number of carbonyl (C=O) groups is 1. The number of amides is 1. The number of aromatic nitrogens is 1. The van der Waals surface area contributed by atoms with E-state index in [4.69, 9.17) is 25.8 Å². The fourth-order valence-electron chi connectivity index (χ4n) is 2.68. The van der Waals surface area contributed by atoms with Crippen LogP contribution in [0.1, 0.15) is 12.6 Å². The molecule has 2 aromatic carbocycles. The zero-order chi connectivity index (χ0) is 22.1. The molecular formula is C23H23ClN2O4S. The van der Waals surface area contributed by atoms with Crippen LogP contribution >= 0.6 is 23.4 Å². The van der Waals surface area contributed by atoms with Crippen molar-refractivity contribution in [2.75, 3.05) is 25.6 Å². The minimum Gasteiger partial charge on any atom is -0.492 e. The standard InChI is InChI=1S/C23H23ClN2O4S/c1-3-29-20-7-5-4-6-19(20)26-23(27)14-30-21-12-17(25-13-22(21)28-2)15-31-18-10-8-16(24)9-11-18/h4-13H,3,14-15H2,1-2H3,(H,26,27). The first kappa shape index (κ1) is 22.8. The van der Waals surface area contributed by atoms with Crippen LogP contribution < -0.4 is 19.5 Å². The maximum Gasteiger partial charge on any atom is 0.262 e. The molecule has 3 rings (SSSR count). The molecule has 0 radical (unpaired) electrons. The number of hydrogen-bond donors (Lipinski definition) is 1. The summed E-state index contributed by atoms with van der Waals surface area (Å²) >= 11 is 7.55. The van der Waals surface area contributed by atoms with Crippen molar-refractivity contribution in [1.29, 1.82) is 0 Å². The molecule has 0 aliphatic rings. The minimum absolute atomic E-state index is 0.176. The highest BCUT2D eigenvalue weighted by molar-refractivity contribution is 7.98. The Morgan fingerprint density at radius 3 is 2.58 bits per heavy atom. The molecule has 162 valence electrons. The van der Waals surface area contributed by atoms with Crippen LogP contribution in [0, 0.1) is 0 Å². The van der Waals surface area contributed by atoms with Crippen molar-refractivity contribution in [2.45, 2.75) is 17.6 Å². The maximum atomic E-state index is 12.4. The number of pyridine rings is 1. The number of halogens is 1. The van der Waals surface area contributed by atoms with Gasteiger partial charge < -0.3 is 19.5 Å². The van der Waals surface area contributed by atoms with Gasteiger partial charge in [-0.15, -0.1) is 11.8 Å². The van der Waals surface area contributed by atoms with Crippen LogP contribution in [0.25, 0.3) is 0 Å². The van der Waals surface area contributed by atoms with Gasteiger partial charge in [-0.05, 0) is 43.3 Å². The highest BCUT2D eigenvalue weighted by atomic mass is 35.5. The average molecular weight is 459 g/mol. The first-order valence-corrected chi connectivity index (χ1v) is 11.0.